The molecule has 0 aliphatic carbocycles. The molecule has 0 amide bonds. The second kappa shape index (κ2) is 5.31. The molecule has 0 radical (unpaired) electrons. The number of carboxylic acid groups (broad SMARTS) is 1. The Morgan fingerprint density at radius 2 is 1.76 bits per heavy atom. The minimum atomic E-state index is -0.834. The van der Waals surface area contributed by atoms with Gasteiger partial charge in [-0.15, -0.1) is 0 Å². The second-order valence-corrected chi connectivity index (χ2v) is 6.50. The molecular weight excluding hydrogens is 327 g/mol. The van der Waals surface area contributed by atoms with Crippen LogP contribution in [0, 0.1) is 14.1 Å². The van der Waals surface area contributed by atoms with Gasteiger partial charge in [-0.1, -0.05) is 30.3 Å². The molecule has 0 heterocycles. The van der Waals surface area contributed by atoms with E-state index in [9.17, 15) is 9.90 Å². The fourth-order valence-electron chi connectivity index (χ4n) is 1.52. The van der Waals surface area contributed by atoms with Gasteiger partial charge in [0.1, 0.15) is 5.56 Å². The van der Waals surface area contributed by atoms with Gasteiger partial charge < -0.3 is 5.11 Å². The predicted octanol–water partition coefficient (Wildman–Crippen LogP) is -0.178. The third kappa shape index (κ3) is 2.85. The molecule has 2 aromatic rings. The van der Waals surface area contributed by atoms with Gasteiger partial charge in [-0.3, -0.25) is 0 Å². The number of rotatable bonds is 3. The average Bonchev–Trinajstić information content (AvgIpc) is 2.33. The lowest BCUT2D eigenvalue weighted by Crippen LogP contribution is -3.62. The molecular formula is C14H12IO2+. The van der Waals surface area contributed by atoms with Crippen molar-refractivity contribution in [1.82, 2.24) is 0 Å². The summed E-state index contributed by atoms with van der Waals surface area (Å²) in [6.45, 7) is 1.98. The van der Waals surface area contributed by atoms with Crippen molar-refractivity contribution in [2.45, 2.75) is 6.92 Å². The maximum atomic E-state index is 11.2. The van der Waals surface area contributed by atoms with Crippen molar-refractivity contribution in [3.05, 3.63) is 66.8 Å². The summed E-state index contributed by atoms with van der Waals surface area (Å²) in [5.41, 5.74) is 1.52. The Bertz CT molecular complexity index is 535. The van der Waals surface area contributed by atoms with Crippen molar-refractivity contribution in [3.63, 3.8) is 0 Å². The Hall–Kier alpha value is -1.36. The molecule has 3 heteroatoms. The zero-order valence-corrected chi connectivity index (χ0v) is 11.5. The van der Waals surface area contributed by atoms with Crippen LogP contribution in [0.25, 0.3) is 0 Å². The zero-order valence-electron chi connectivity index (χ0n) is 9.35. The lowest BCUT2D eigenvalue weighted by atomic mass is 10.1. The number of aryl methyl sites for hydroxylation is 1. The molecule has 0 aliphatic heterocycles. The van der Waals surface area contributed by atoms with Crippen molar-refractivity contribution < 1.29 is 31.1 Å². The third-order valence-corrected chi connectivity index (χ3v) is 5.67. The molecule has 0 unspecified atom stereocenters. The molecule has 17 heavy (non-hydrogen) atoms. The largest absolute Gasteiger partial charge is 0.478 e. The normalized spacial score (nSPS) is 10.2. The van der Waals surface area contributed by atoms with Crippen molar-refractivity contribution in [1.29, 1.82) is 0 Å². The van der Waals surface area contributed by atoms with E-state index in [-0.39, 0.29) is 0 Å². The van der Waals surface area contributed by atoms with Gasteiger partial charge in [-0.25, -0.2) is 4.79 Å². The maximum Gasteiger partial charge on any atom is 0.359 e. The summed E-state index contributed by atoms with van der Waals surface area (Å²) in [4.78, 5) is 11.2. The van der Waals surface area contributed by atoms with E-state index >= 15 is 0 Å². The first-order chi connectivity index (χ1) is 8.18. The van der Waals surface area contributed by atoms with Crippen molar-refractivity contribution in [2.75, 3.05) is 0 Å². The monoisotopic (exact) mass is 339 g/mol. The standard InChI is InChI=1S/C14H11IO2/c1-10-6-5-9-12(14(16)17)13(10)15-11-7-3-2-4-8-11/h2-9H,1H3/p+1. The van der Waals surface area contributed by atoms with Gasteiger partial charge in [0.25, 0.3) is 0 Å². The third-order valence-electron chi connectivity index (χ3n) is 2.36. The molecule has 0 bridgehead atoms. The quantitative estimate of drug-likeness (QED) is 0.788. The lowest BCUT2D eigenvalue weighted by Gasteiger charge is -1.98. The van der Waals surface area contributed by atoms with Crippen LogP contribution in [-0.4, -0.2) is 11.1 Å². The molecule has 0 atom stereocenters. The molecule has 0 spiro atoms. The predicted molar refractivity (Wildman–Crippen MR) is 62.0 cm³/mol. The smallest absolute Gasteiger partial charge is 0.359 e. The number of carboxylic acids is 1. The highest BCUT2D eigenvalue weighted by molar-refractivity contribution is 5.87. The SMILES string of the molecule is Cc1cccc(C(=O)O)c1[I+]c1ccccc1. The van der Waals surface area contributed by atoms with E-state index in [0.29, 0.717) is 5.56 Å². The Balaban J connectivity index is 2.41. The first-order valence-electron chi connectivity index (χ1n) is 5.21. The fourth-order valence-corrected chi connectivity index (χ4v) is 4.23. The molecule has 1 N–H and O–H groups in total. The molecule has 2 rings (SSSR count). The summed E-state index contributed by atoms with van der Waals surface area (Å²) in [5, 5.41) is 9.19. The molecule has 2 aromatic carbocycles. The highest BCUT2D eigenvalue weighted by Crippen LogP contribution is 2.04. The number of hydrogen-bond donors (Lipinski definition) is 1. The van der Waals surface area contributed by atoms with Crippen LogP contribution in [0.3, 0.4) is 0 Å². The van der Waals surface area contributed by atoms with Crippen molar-refractivity contribution >= 4 is 5.97 Å². The first kappa shape index (κ1) is 12.1. The van der Waals surface area contributed by atoms with Gasteiger partial charge in [-0.2, -0.15) is 0 Å². The van der Waals surface area contributed by atoms with Gasteiger partial charge in [0.05, 0.1) is 0 Å². The first-order valence-corrected chi connectivity index (χ1v) is 7.37. The Morgan fingerprint density at radius 3 is 2.41 bits per heavy atom. The van der Waals surface area contributed by atoms with Crippen LogP contribution < -0.4 is 21.2 Å². The summed E-state index contributed by atoms with van der Waals surface area (Å²) in [6, 6.07) is 15.6. The summed E-state index contributed by atoms with van der Waals surface area (Å²) in [7, 11) is 0. The maximum absolute atomic E-state index is 11.2. The minimum Gasteiger partial charge on any atom is -0.478 e. The molecule has 2 nitrogen and oxygen atoms in total. The van der Waals surface area contributed by atoms with E-state index in [4.69, 9.17) is 0 Å². The average molecular weight is 339 g/mol. The van der Waals surface area contributed by atoms with E-state index in [0.717, 1.165) is 9.13 Å². The molecule has 0 aliphatic rings. The van der Waals surface area contributed by atoms with E-state index in [2.05, 4.69) is 12.1 Å². The van der Waals surface area contributed by atoms with Crippen LogP contribution in [0.5, 0.6) is 0 Å². The fraction of sp³-hybridized carbons (Fsp3) is 0.0714. The highest BCUT2D eigenvalue weighted by atomic mass is 127. The summed E-state index contributed by atoms with van der Waals surface area (Å²) in [6.07, 6.45) is 0. The summed E-state index contributed by atoms with van der Waals surface area (Å²) in [5.74, 6) is -0.834. The Labute approximate surface area is 111 Å². The van der Waals surface area contributed by atoms with Crippen LogP contribution in [0.1, 0.15) is 15.9 Å². The number of aromatic carboxylic acids is 1. The summed E-state index contributed by atoms with van der Waals surface area (Å²) >= 11 is -0.429. The topological polar surface area (TPSA) is 37.3 Å². The van der Waals surface area contributed by atoms with Crippen LogP contribution in [0.2, 0.25) is 0 Å². The van der Waals surface area contributed by atoms with Crippen LogP contribution in [0.15, 0.2) is 48.5 Å². The van der Waals surface area contributed by atoms with Crippen LogP contribution in [-0.2, 0) is 0 Å². The zero-order chi connectivity index (χ0) is 12.3. The van der Waals surface area contributed by atoms with Crippen molar-refractivity contribution in [3.8, 4) is 0 Å². The van der Waals surface area contributed by atoms with E-state index < -0.39 is 27.2 Å². The molecule has 0 saturated carbocycles. The van der Waals surface area contributed by atoms with Crippen LogP contribution in [0.4, 0.5) is 0 Å². The van der Waals surface area contributed by atoms with Gasteiger partial charge in [0.2, 0.25) is 3.57 Å². The number of benzene rings is 2. The number of halogens is 1. The Kier molecular flexibility index (Phi) is 3.78. The molecule has 0 aromatic heterocycles. The highest BCUT2D eigenvalue weighted by Gasteiger charge is 2.25. The van der Waals surface area contributed by atoms with E-state index in [1.165, 1.54) is 3.57 Å². The molecule has 0 saturated heterocycles. The molecule has 0 fully saturated rings. The van der Waals surface area contributed by atoms with Gasteiger partial charge in [-0.05, 0) is 25.1 Å². The summed E-state index contributed by atoms with van der Waals surface area (Å²) < 4.78 is 2.24. The van der Waals surface area contributed by atoms with Crippen molar-refractivity contribution in [2.24, 2.45) is 0 Å². The minimum absolute atomic E-state index is 0.429. The molecule has 86 valence electrons. The lowest BCUT2D eigenvalue weighted by molar-refractivity contribution is -0.598. The second-order valence-electron chi connectivity index (χ2n) is 3.63. The number of hydrogen-bond acceptors (Lipinski definition) is 1. The Morgan fingerprint density at radius 1 is 1.06 bits per heavy atom. The van der Waals surface area contributed by atoms with Crippen LogP contribution >= 0.6 is 0 Å². The van der Waals surface area contributed by atoms with Gasteiger partial charge in [0, 0.05) is 5.56 Å². The number of carbonyl (C=O) groups is 1. The van der Waals surface area contributed by atoms with Gasteiger partial charge >= 0.3 is 27.2 Å². The van der Waals surface area contributed by atoms with E-state index in [1.54, 1.807) is 12.1 Å². The van der Waals surface area contributed by atoms with E-state index in [1.807, 2.05) is 31.2 Å². The van der Waals surface area contributed by atoms with Gasteiger partial charge in [0.15, 0.2) is 3.57 Å².